The number of benzene rings is 2. The molecular weight excluding hydrogens is 328 g/mol. The number of nitrogens with zero attached hydrogens (tertiary/aromatic N) is 2. The van der Waals surface area contributed by atoms with Gasteiger partial charge in [-0.15, -0.1) is 0 Å². The van der Waals surface area contributed by atoms with Gasteiger partial charge in [-0.2, -0.15) is 0 Å². The van der Waals surface area contributed by atoms with Crippen molar-refractivity contribution in [2.75, 3.05) is 18.0 Å². The summed E-state index contributed by atoms with van der Waals surface area (Å²) in [7, 11) is 0. The first kappa shape index (κ1) is 16.9. The molecule has 0 aromatic heterocycles. The Bertz CT molecular complexity index is 802. The third-order valence-corrected chi connectivity index (χ3v) is 5.14. The maximum absolute atomic E-state index is 11.7. The van der Waals surface area contributed by atoms with Gasteiger partial charge in [-0.3, -0.25) is 10.1 Å². The number of nitro groups is 1. The van der Waals surface area contributed by atoms with Crippen molar-refractivity contribution in [2.45, 2.75) is 31.6 Å². The lowest BCUT2D eigenvalue weighted by atomic mass is 9.97. The zero-order chi connectivity index (χ0) is 18.1. The van der Waals surface area contributed by atoms with Gasteiger partial charge in [-0.1, -0.05) is 18.2 Å². The second kappa shape index (κ2) is 6.98. The first-order chi connectivity index (χ1) is 12.6. The minimum atomic E-state index is -0.264. The largest absolute Gasteiger partial charge is 0.457 e. The number of piperidine rings is 1. The second-order valence-corrected chi connectivity index (χ2v) is 7.25. The van der Waals surface area contributed by atoms with E-state index in [1.165, 1.54) is 0 Å². The molecule has 135 valence electrons. The minimum absolute atomic E-state index is 0.182. The molecule has 0 amide bonds. The molecule has 5 nitrogen and oxygen atoms in total. The Balaban J connectivity index is 1.80. The van der Waals surface area contributed by atoms with Crippen molar-refractivity contribution in [1.82, 2.24) is 0 Å². The molecule has 1 radical (unpaired) electrons. The van der Waals surface area contributed by atoms with E-state index < -0.39 is 0 Å². The molecule has 1 saturated carbocycles. The number of para-hydroxylation sites is 1. The van der Waals surface area contributed by atoms with Gasteiger partial charge in [0, 0.05) is 24.7 Å². The van der Waals surface area contributed by atoms with E-state index in [2.05, 4.69) is 11.8 Å². The van der Waals surface area contributed by atoms with Gasteiger partial charge in [0.1, 0.15) is 17.2 Å². The number of ether oxygens (including phenoxy) is 1. The van der Waals surface area contributed by atoms with Gasteiger partial charge >= 0.3 is 0 Å². The van der Waals surface area contributed by atoms with E-state index in [1.54, 1.807) is 12.1 Å². The zero-order valence-corrected chi connectivity index (χ0v) is 14.8. The molecule has 2 aromatic rings. The summed E-state index contributed by atoms with van der Waals surface area (Å²) >= 11 is 0. The van der Waals surface area contributed by atoms with Crippen LogP contribution in [-0.2, 0) is 0 Å². The first-order valence-corrected chi connectivity index (χ1v) is 9.25. The SMILES string of the molecule is [CH2][C@H]1CCCN(c2c([N+](=O)[O-])ccc(Oc3ccccc3)c2C2CC2)C1. The van der Waals surface area contributed by atoms with E-state index >= 15 is 0 Å². The smallest absolute Gasteiger partial charge is 0.293 e. The number of anilines is 1. The van der Waals surface area contributed by atoms with Crippen molar-refractivity contribution in [3.63, 3.8) is 0 Å². The highest BCUT2D eigenvalue weighted by atomic mass is 16.6. The average molecular weight is 351 g/mol. The van der Waals surface area contributed by atoms with Crippen LogP contribution in [-0.4, -0.2) is 18.0 Å². The Hall–Kier alpha value is -2.56. The van der Waals surface area contributed by atoms with Crippen LogP contribution in [0.2, 0.25) is 0 Å². The first-order valence-electron chi connectivity index (χ1n) is 9.25. The molecule has 1 aliphatic carbocycles. The molecule has 1 aliphatic heterocycles. The van der Waals surface area contributed by atoms with Crippen LogP contribution < -0.4 is 9.64 Å². The average Bonchev–Trinajstić information content (AvgIpc) is 3.47. The van der Waals surface area contributed by atoms with Crippen molar-refractivity contribution in [3.8, 4) is 11.5 Å². The second-order valence-electron chi connectivity index (χ2n) is 7.25. The highest BCUT2D eigenvalue weighted by Crippen LogP contribution is 2.52. The van der Waals surface area contributed by atoms with E-state index in [1.807, 2.05) is 30.3 Å². The highest BCUT2D eigenvalue weighted by molar-refractivity contribution is 5.74. The summed E-state index contributed by atoms with van der Waals surface area (Å²) in [5.74, 6) is 2.14. The van der Waals surface area contributed by atoms with Crippen molar-refractivity contribution < 1.29 is 9.66 Å². The summed E-state index contributed by atoms with van der Waals surface area (Å²) < 4.78 is 6.14. The number of nitro benzene ring substituents is 1. The zero-order valence-electron chi connectivity index (χ0n) is 14.8. The van der Waals surface area contributed by atoms with Crippen LogP contribution in [0.5, 0.6) is 11.5 Å². The third-order valence-electron chi connectivity index (χ3n) is 5.14. The topological polar surface area (TPSA) is 55.6 Å². The Kier molecular flexibility index (Phi) is 4.53. The van der Waals surface area contributed by atoms with E-state index in [0.29, 0.717) is 11.8 Å². The monoisotopic (exact) mass is 351 g/mol. The van der Waals surface area contributed by atoms with E-state index in [-0.39, 0.29) is 10.6 Å². The lowest BCUT2D eigenvalue weighted by Crippen LogP contribution is -2.35. The normalized spacial score (nSPS) is 20.0. The third kappa shape index (κ3) is 3.39. The number of hydrogen-bond acceptors (Lipinski definition) is 4. The van der Waals surface area contributed by atoms with Crippen LogP contribution in [0.1, 0.15) is 37.2 Å². The van der Waals surface area contributed by atoms with Crippen molar-refractivity contribution in [2.24, 2.45) is 5.92 Å². The Labute approximate surface area is 153 Å². The minimum Gasteiger partial charge on any atom is -0.457 e. The van der Waals surface area contributed by atoms with E-state index in [4.69, 9.17) is 4.74 Å². The summed E-state index contributed by atoms with van der Waals surface area (Å²) in [5, 5.41) is 11.7. The molecule has 1 atom stereocenters. The van der Waals surface area contributed by atoms with Crippen LogP contribution in [0.15, 0.2) is 42.5 Å². The Morgan fingerprint density at radius 2 is 1.88 bits per heavy atom. The molecule has 4 rings (SSSR count). The summed E-state index contributed by atoms with van der Waals surface area (Å²) in [4.78, 5) is 13.6. The molecule has 2 aromatic carbocycles. The number of rotatable bonds is 5. The molecule has 0 N–H and O–H groups in total. The summed E-state index contributed by atoms with van der Waals surface area (Å²) in [6.45, 7) is 5.78. The standard InChI is InChI=1S/C21H23N2O3/c1-15-6-5-13-22(14-15)21-18(23(24)25)11-12-19(20(21)16-9-10-16)26-17-7-3-2-4-8-17/h2-4,7-8,11-12,15-16H,1,5-6,9-10,13-14H2/t15-/m0/s1. The molecule has 0 unspecified atom stereocenters. The maximum Gasteiger partial charge on any atom is 0.293 e. The van der Waals surface area contributed by atoms with Gasteiger partial charge in [0.25, 0.3) is 5.69 Å². The molecule has 0 bridgehead atoms. The fourth-order valence-electron chi connectivity index (χ4n) is 3.80. The predicted molar refractivity (Wildman–Crippen MR) is 102 cm³/mol. The van der Waals surface area contributed by atoms with E-state index in [0.717, 1.165) is 61.5 Å². The molecule has 5 heteroatoms. The van der Waals surface area contributed by atoms with Gasteiger partial charge in [-0.25, -0.2) is 0 Å². The highest BCUT2D eigenvalue weighted by Gasteiger charge is 2.36. The fraction of sp³-hybridized carbons (Fsp3) is 0.381. The van der Waals surface area contributed by atoms with Crippen LogP contribution in [0.25, 0.3) is 0 Å². The predicted octanol–water partition coefficient (Wildman–Crippen LogP) is 5.31. The van der Waals surface area contributed by atoms with Gasteiger partial charge in [0.2, 0.25) is 0 Å². The van der Waals surface area contributed by atoms with Gasteiger partial charge in [-0.05, 0) is 62.6 Å². The summed E-state index contributed by atoms with van der Waals surface area (Å²) in [5.41, 5.74) is 1.93. The molecular formula is C21H23N2O3. The molecule has 0 spiro atoms. The molecule has 2 fully saturated rings. The summed E-state index contributed by atoms with van der Waals surface area (Å²) in [6.07, 6.45) is 4.20. The maximum atomic E-state index is 11.7. The molecule has 1 heterocycles. The number of hydrogen-bond donors (Lipinski definition) is 0. The van der Waals surface area contributed by atoms with Gasteiger partial charge < -0.3 is 9.64 Å². The van der Waals surface area contributed by atoms with Crippen LogP contribution in [0.4, 0.5) is 11.4 Å². The van der Waals surface area contributed by atoms with Crippen molar-refractivity contribution in [3.05, 3.63) is 65.1 Å². The van der Waals surface area contributed by atoms with Crippen molar-refractivity contribution >= 4 is 11.4 Å². The van der Waals surface area contributed by atoms with Crippen molar-refractivity contribution in [1.29, 1.82) is 0 Å². The molecule has 2 aliphatic rings. The Morgan fingerprint density at radius 1 is 1.12 bits per heavy atom. The quantitative estimate of drug-likeness (QED) is 0.541. The van der Waals surface area contributed by atoms with Gasteiger partial charge in [0.15, 0.2) is 0 Å². The lowest BCUT2D eigenvalue weighted by molar-refractivity contribution is -0.384. The van der Waals surface area contributed by atoms with Crippen LogP contribution in [0, 0.1) is 23.0 Å². The summed E-state index contributed by atoms with van der Waals surface area (Å²) in [6, 6.07) is 13.0. The molecule has 1 saturated heterocycles. The Morgan fingerprint density at radius 3 is 2.54 bits per heavy atom. The molecule has 26 heavy (non-hydrogen) atoms. The van der Waals surface area contributed by atoms with Crippen LogP contribution in [0.3, 0.4) is 0 Å². The van der Waals surface area contributed by atoms with E-state index in [9.17, 15) is 10.1 Å². The van der Waals surface area contributed by atoms with Crippen LogP contribution >= 0.6 is 0 Å². The van der Waals surface area contributed by atoms with Gasteiger partial charge in [0.05, 0.1) is 4.92 Å². The fourth-order valence-corrected chi connectivity index (χ4v) is 3.80. The lowest BCUT2D eigenvalue weighted by Gasteiger charge is -2.34.